The molecule has 1 N–H and O–H groups in total. The van der Waals surface area contributed by atoms with Crippen molar-refractivity contribution in [1.29, 1.82) is 0 Å². The van der Waals surface area contributed by atoms with Crippen molar-refractivity contribution in [3.05, 3.63) is 53.9 Å². The van der Waals surface area contributed by atoms with Crippen LogP contribution in [0.2, 0.25) is 0 Å². The molecular formula is C17H18F3N3O. The van der Waals surface area contributed by atoms with Crippen LogP contribution in [0.25, 0.3) is 0 Å². The van der Waals surface area contributed by atoms with E-state index in [-0.39, 0.29) is 17.3 Å². The van der Waals surface area contributed by atoms with Crippen LogP contribution in [0.1, 0.15) is 29.9 Å². The van der Waals surface area contributed by atoms with Crippen molar-refractivity contribution in [3.63, 3.8) is 0 Å². The molecular weight excluding hydrogens is 319 g/mol. The van der Waals surface area contributed by atoms with Gasteiger partial charge in [-0.1, -0.05) is 6.07 Å². The number of alkyl halides is 3. The highest BCUT2D eigenvalue weighted by atomic mass is 19.4. The van der Waals surface area contributed by atoms with Crippen LogP contribution in [0.15, 0.2) is 42.6 Å². The number of carbonyl (C=O) groups excluding carboxylic acids is 1. The molecule has 0 bridgehead atoms. The van der Waals surface area contributed by atoms with E-state index in [1.54, 1.807) is 11.0 Å². The number of halogens is 3. The smallest absolute Gasteiger partial charge is 0.355 e. The number of carbonyl (C=O) groups is 1. The van der Waals surface area contributed by atoms with Crippen molar-refractivity contribution in [2.24, 2.45) is 0 Å². The topological polar surface area (TPSA) is 45.2 Å². The first-order chi connectivity index (χ1) is 11.3. The van der Waals surface area contributed by atoms with Crippen LogP contribution in [-0.2, 0) is 6.18 Å². The molecule has 0 unspecified atom stereocenters. The fourth-order valence-electron chi connectivity index (χ4n) is 2.24. The van der Waals surface area contributed by atoms with Crippen molar-refractivity contribution in [1.82, 2.24) is 9.88 Å². The molecule has 0 aliphatic carbocycles. The Balaban J connectivity index is 2.23. The zero-order valence-corrected chi connectivity index (χ0v) is 13.4. The van der Waals surface area contributed by atoms with Crippen LogP contribution in [-0.4, -0.2) is 28.9 Å². The average molecular weight is 337 g/mol. The van der Waals surface area contributed by atoms with Crippen LogP contribution in [0, 0.1) is 0 Å². The second-order valence-corrected chi connectivity index (χ2v) is 5.11. The Morgan fingerprint density at radius 3 is 2.42 bits per heavy atom. The van der Waals surface area contributed by atoms with Gasteiger partial charge in [0.2, 0.25) is 0 Å². The van der Waals surface area contributed by atoms with Gasteiger partial charge in [-0.15, -0.1) is 0 Å². The summed E-state index contributed by atoms with van der Waals surface area (Å²) in [5.74, 6) is -0.215. The van der Waals surface area contributed by atoms with Gasteiger partial charge >= 0.3 is 6.18 Å². The number of anilines is 2. The van der Waals surface area contributed by atoms with E-state index in [0.29, 0.717) is 18.8 Å². The first-order valence-electron chi connectivity index (χ1n) is 7.54. The third-order valence-electron chi connectivity index (χ3n) is 3.51. The molecule has 2 rings (SSSR count). The summed E-state index contributed by atoms with van der Waals surface area (Å²) in [6.45, 7) is 4.85. The fourth-order valence-corrected chi connectivity index (χ4v) is 2.24. The highest BCUT2D eigenvalue weighted by molar-refractivity contribution is 5.93. The van der Waals surface area contributed by atoms with E-state index in [9.17, 15) is 18.0 Å². The van der Waals surface area contributed by atoms with Gasteiger partial charge < -0.3 is 10.2 Å². The summed E-state index contributed by atoms with van der Waals surface area (Å²) in [5, 5.41) is 2.88. The Kier molecular flexibility index (Phi) is 5.43. The van der Waals surface area contributed by atoms with Crippen molar-refractivity contribution < 1.29 is 18.0 Å². The lowest BCUT2D eigenvalue weighted by Gasteiger charge is -2.18. The van der Waals surface area contributed by atoms with Gasteiger partial charge in [-0.25, -0.2) is 0 Å². The van der Waals surface area contributed by atoms with Crippen molar-refractivity contribution in [2.45, 2.75) is 20.0 Å². The number of pyridine rings is 1. The van der Waals surface area contributed by atoms with E-state index in [0.717, 1.165) is 12.1 Å². The van der Waals surface area contributed by atoms with Gasteiger partial charge in [-0.2, -0.15) is 13.2 Å². The molecule has 128 valence electrons. The van der Waals surface area contributed by atoms with Crippen LogP contribution in [0.4, 0.5) is 24.5 Å². The molecule has 24 heavy (non-hydrogen) atoms. The standard InChI is InChI=1S/C17H18F3N3O/c1-3-23(4-2)16(24)15-11-14(8-9-21-15)22-13-7-5-6-12(10-13)17(18,19)20/h5-11H,3-4H2,1-2H3,(H,21,22). The Morgan fingerprint density at radius 2 is 1.79 bits per heavy atom. The van der Waals surface area contributed by atoms with E-state index in [1.165, 1.54) is 24.4 Å². The van der Waals surface area contributed by atoms with Crippen LogP contribution >= 0.6 is 0 Å². The zero-order chi connectivity index (χ0) is 17.7. The molecule has 4 nitrogen and oxygen atoms in total. The quantitative estimate of drug-likeness (QED) is 0.883. The number of benzene rings is 1. The lowest BCUT2D eigenvalue weighted by atomic mass is 10.2. The van der Waals surface area contributed by atoms with Crippen LogP contribution in [0.5, 0.6) is 0 Å². The third-order valence-corrected chi connectivity index (χ3v) is 3.51. The first-order valence-corrected chi connectivity index (χ1v) is 7.54. The summed E-state index contributed by atoms with van der Waals surface area (Å²) >= 11 is 0. The molecule has 7 heteroatoms. The molecule has 1 aromatic carbocycles. The number of aromatic nitrogens is 1. The minimum Gasteiger partial charge on any atom is -0.355 e. The molecule has 1 aromatic heterocycles. The summed E-state index contributed by atoms with van der Waals surface area (Å²) in [5.41, 5.74) is 0.300. The maximum absolute atomic E-state index is 12.8. The lowest BCUT2D eigenvalue weighted by Crippen LogP contribution is -2.31. The molecule has 2 aromatic rings. The summed E-state index contributed by atoms with van der Waals surface area (Å²) in [7, 11) is 0. The van der Waals surface area contributed by atoms with E-state index < -0.39 is 11.7 Å². The normalized spacial score (nSPS) is 11.2. The number of hydrogen-bond acceptors (Lipinski definition) is 3. The number of nitrogens with one attached hydrogen (secondary N) is 1. The predicted octanol–water partition coefficient (Wildman–Crippen LogP) is 4.33. The zero-order valence-electron chi connectivity index (χ0n) is 13.4. The molecule has 1 amide bonds. The molecule has 0 fully saturated rings. The van der Waals surface area contributed by atoms with Gasteiger partial charge in [-0.3, -0.25) is 9.78 Å². The van der Waals surface area contributed by atoms with E-state index in [1.807, 2.05) is 13.8 Å². The van der Waals surface area contributed by atoms with Crippen molar-refractivity contribution in [2.75, 3.05) is 18.4 Å². The van der Waals surface area contributed by atoms with Crippen LogP contribution < -0.4 is 5.32 Å². The number of nitrogens with zero attached hydrogens (tertiary/aromatic N) is 2. The number of amides is 1. The van der Waals surface area contributed by atoms with E-state index in [2.05, 4.69) is 10.3 Å². The minimum atomic E-state index is -4.40. The summed E-state index contributed by atoms with van der Waals surface area (Å²) in [4.78, 5) is 17.9. The average Bonchev–Trinajstić information content (AvgIpc) is 2.55. The first kappa shape index (κ1) is 17.8. The Bertz CT molecular complexity index is 712. The lowest BCUT2D eigenvalue weighted by molar-refractivity contribution is -0.137. The molecule has 0 aliphatic heterocycles. The summed E-state index contributed by atoms with van der Waals surface area (Å²) < 4.78 is 38.3. The van der Waals surface area contributed by atoms with Gasteiger partial charge in [0.15, 0.2) is 0 Å². The second-order valence-electron chi connectivity index (χ2n) is 5.11. The third kappa shape index (κ3) is 4.24. The van der Waals surface area contributed by atoms with Crippen molar-refractivity contribution >= 4 is 17.3 Å². The second kappa shape index (κ2) is 7.33. The van der Waals surface area contributed by atoms with Crippen LogP contribution in [0.3, 0.4) is 0 Å². The largest absolute Gasteiger partial charge is 0.416 e. The number of rotatable bonds is 5. The Labute approximate surface area is 138 Å². The van der Waals surface area contributed by atoms with Gasteiger partial charge in [0.05, 0.1) is 5.56 Å². The van der Waals surface area contributed by atoms with E-state index in [4.69, 9.17) is 0 Å². The number of hydrogen-bond donors (Lipinski definition) is 1. The van der Waals surface area contributed by atoms with Gasteiger partial charge in [0.25, 0.3) is 5.91 Å². The predicted molar refractivity (Wildman–Crippen MR) is 86.2 cm³/mol. The molecule has 0 spiro atoms. The van der Waals surface area contributed by atoms with E-state index >= 15 is 0 Å². The van der Waals surface area contributed by atoms with Crippen molar-refractivity contribution in [3.8, 4) is 0 Å². The minimum absolute atomic E-state index is 0.215. The highest BCUT2D eigenvalue weighted by Gasteiger charge is 2.30. The van der Waals surface area contributed by atoms with Gasteiger partial charge in [0, 0.05) is 30.7 Å². The van der Waals surface area contributed by atoms with Gasteiger partial charge in [0.1, 0.15) is 5.69 Å². The maximum Gasteiger partial charge on any atom is 0.416 e. The molecule has 0 saturated carbocycles. The molecule has 0 radical (unpaired) electrons. The SMILES string of the molecule is CCN(CC)C(=O)c1cc(Nc2cccc(C(F)(F)F)c2)ccn1. The highest BCUT2D eigenvalue weighted by Crippen LogP contribution is 2.31. The summed E-state index contributed by atoms with van der Waals surface area (Å²) in [6, 6.07) is 8.01. The monoisotopic (exact) mass is 337 g/mol. The maximum atomic E-state index is 12.8. The summed E-state index contributed by atoms with van der Waals surface area (Å²) in [6.07, 6.45) is -2.95. The van der Waals surface area contributed by atoms with Gasteiger partial charge in [-0.05, 0) is 44.2 Å². The Morgan fingerprint density at radius 1 is 1.12 bits per heavy atom. The molecule has 1 heterocycles. The molecule has 0 atom stereocenters. The Hall–Kier alpha value is -2.57. The fraction of sp³-hybridized carbons (Fsp3) is 0.294. The molecule has 0 saturated heterocycles. The molecule has 0 aliphatic rings.